The van der Waals surface area contributed by atoms with Gasteiger partial charge in [-0.15, -0.1) is 18.3 Å². The third-order valence-corrected chi connectivity index (χ3v) is 5.41. The molecular weight excluding hydrogens is 497 g/mol. The Balaban J connectivity index is 1.55. The molecular formula is C25H14ClF3N4O3. The summed E-state index contributed by atoms with van der Waals surface area (Å²) in [5, 5.41) is 10.7. The number of hydrogen-bond acceptors (Lipinski definition) is 6. The number of halogens is 4. The highest BCUT2D eigenvalue weighted by Crippen LogP contribution is 2.31. The quantitative estimate of drug-likeness (QED) is 0.281. The van der Waals surface area contributed by atoms with Crippen LogP contribution in [0, 0.1) is 0 Å². The first-order valence-electron chi connectivity index (χ1n) is 10.4. The van der Waals surface area contributed by atoms with Crippen molar-refractivity contribution in [3.05, 3.63) is 89.4 Å². The van der Waals surface area contributed by atoms with Crippen LogP contribution in [0.4, 0.5) is 19.2 Å². The van der Waals surface area contributed by atoms with E-state index in [0.717, 1.165) is 12.1 Å². The minimum absolute atomic E-state index is 0.0315. The van der Waals surface area contributed by atoms with Crippen molar-refractivity contribution in [3.8, 4) is 28.5 Å². The second-order valence-corrected chi connectivity index (χ2v) is 7.90. The highest BCUT2D eigenvalue weighted by atomic mass is 35.5. The standard InChI is InChI=1S/C25H14ClF3N4O3/c26-19-9-5-4-8-16(19)23-32-33-24(35-23)31-22(34)18-13-21(14-6-2-1-3-7-14)30-20-11-10-15(12-17(18)20)36-25(27,28)29/h1-13H,(H,31,33,34). The van der Waals surface area contributed by atoms with Crippen LogP contribution >= 0.6 is 11.6 Å². The average molecular weight is 511 g/mol. The molecule has 0 saturated carbocycles. The van der Waals surface area contributed by atoms with Crippen LogP contribution in [0.25, 0.3) is 33.6 Å². The molecule has 1 amide bonds. The lowest BCUT2D eigenvalue weighted by atomic mass is 10.0. The van der Waals surface area contributed by atoms with Crippen molar-refractivity contribution < 1.29 is 27.1 Å². The molecule has 180 valence electrons. The lowest BCUT2D eigenvalue weighted by molar-refractivity contribution is -0.274. The third-order valence-electron chi connectivity index (χ3n) is 5.08. The van der Waals surface area contributed by atoms with Crippen LogP contribution < -0.4 is 10.1 Å². The van der Waals surface area contributed by atoms with Crippen LogP contribution in [0.2, 0.25) is 5.02 Å². The zero-order valence-corrected chi connectivity index (χ0v) is 18.8. The van der Waals surface area contributed by atoms with Gasteiger partial charge in [-0.2, -0.15) is 0 Å². The van der Waals surface area contributed by atoms with E-state index in [9.17, 15) is 18.0 Å². The van der Waals surface area contributed by atoms with Crippen molar-refractivity contribution in [2.75, 3.05) is 5.32 Å². The molecule has 0 atom stereocenters. The summed E-state index contributed by atoms with van der Waals surface area (Å²) in [6.07, 6.45) is -4.90. The first kappa shape index (κ1) is 23.3. The van der Waals surface area contributed by atoms with Crippen LogP contribution in [-0.2, 0) is 0 Å². The molecule has 0 saturated heterocycles. The Kier molecular flexibility index (Phi) is 6.03. The zero-order valence-electron chi connectivity index (χ0n) is 18.1. The van der Waals surface area contributed by atoms with Crippen molar-refractivity contribution in [3.63, 3.8) is 0 Å². The molecule has 0 bridgehead atoms. The number of benzene rings is 3. The molecule has 5 aromatic rings. The summed E-state index contributed by atoms with van der Waals surface area (Å²) in [5.41, 5.74) is 1.95. The number of carbonyl (C=O) groups is 1. The van der Waals surface area contributed by atoms with Crippen LogP contribution in [0.15, 0.2) is 83.3 Å². The number of fused-ring (bicyclic) bond motifs is 1. The topological polar surface area (TPSA) is 90.1 Å². The molecule has 3 aromatic carbocycles. The minimum Gasteiger partial charge on any atom is -0.406 e. The van der Waals surface area contributed by atoms with E-state index >= 15 is 0 Å². The maximum Gasteiger partial charge on any atom is 0.573 e. The molecule has 0 radical (unpaired) electrons. The SMILES string of the molecule is O=C(Nc1nnc(-c2ccccc2Cl)o1)c1cc(-c2ccccc2)nc2ccc(OC(F)(F)F)cc12. The van der Waals surface area contributed by atoms with Crippen molar-refractivity contribution in [2.24, 2.45) is 0 Å². The Morgan fingerprint density at radius 2 is 1.69 bits per heavy atom. The average Bonchev–Trinajstić information content (AvgIpc) is 3.31. The monoisotopic (exact) mass is 510 g/mol. The molecule has 0 aliphatic carbocycles. The van der Waals surface area contributed by atoms with Gasteiger partial charge in [0.05, 0.1) is 27.4 Å². The van der Waals surface area contributed by atoms with Gasteiger partial charge in [-0.3, -0.25) is 10.1 Å². The molecule has 5 rings (SSSR count). The van der Waals surface area contributed by atoms with Crippen LogP contribution in [0.3, 0.4) is 0 Å². The van der Waals surface area contributed by atoms with Gasteiger partial charge in [0.15, 0.2) is 0 Å². The largest absolute Gasteiger partial charge is 0.573 e. The number of rotatable bonds is 5. The van der Waals surface area contributed by atoms with Crippen LogP contribution in [0.5, 0.6) is 5.75 Å². The molecule has 2 heterocycles. The minimum atomic E-state index is -4.90. The number of anilines is 1. The number of nitrogens with one attached hydrogen (secondary N) is 1. The summed E-state index contributed by atoms with van der Waals surface area (Å²) in [6, 6.07) is 20.6. The van der Waals surface area contributed by atoms with Gasteiger partial charge in [0.2, 0.25) is 0 Å². The van der Waals surface area contributed by atoms with E-state index in [1.807, 2.05) is 6.07 Å². The number of ether oxygens (including phenoxy) is 1. The van der Waals surface area contributed by atoms with E-state index in [1.54, 1.807) is 48.5 Å². The third kappa shape index (κ3) is 4.98. The fraction of sp³-hybridized carbons (Fsp3) is 0.0400. The van der Waals surface area contributed by atoms with Gasteiger partial charge in [0, 0.05) is 10.9 Å². The Hall–Kier alpha value is -4.44. The number of carbonyl (C=O) groups excluding carboxylic acids is 1. The molecule has 0 aliphatic rings. The van der Waals surface area contributed by atoms with E-state index in [4.69, 9.17) is 16.0 Å². The predicted molar refractivity (Wildman–Crippen MR) is 127 cm³/mol. The molecule has 11 heteroatoms. The highest BCUT2D eigenvalue weighted by molar-refractivity contribution is 6.33. The lowest BCUT2D eigenvalue weighted by Gasteiger charge is -2.12. The Labute approximate surface area is 206 Å². The van der Waals surface area contributed by atoms with E-state index in [1.165, 1.54) is 12.1 Å². The molecule has 0 unspecified atom stereocenters. The summed E-state index contributed by atoms with van der Waals surface area (Å²) in [4.78, 5) is 17.8. The van der Waals surface area contributed by atoms with E-state index in [-0.39, 0.29) is 22.9 Å². The van der Waals surface area contributed by atoms with E-state index < -0.39 is 18.0 Å². The Morgan fingerprint density at radius 1 is 0.944 bits per heavy atom. The Bertz CT molecular complexity index is 1570. The maximum absolute atomic E-state index is 13.3. The van der Waals surface area contributed by atoms with Crippen molar-refractivity contribution in [2.45, 2.75) is 6.36 Å². The van der Waals surface area contributed by atoms with Gasteiger partial charge >= 0.3 is 12.4 Å². The fourth-order valence-corrected chi connectivity index (χ4v) is 3.74. The molecule has 0 aliphatic heterocycles. The molecule has 0 spiro atoms. The van der Waals surface area contributed by atoms with Crippen LogP contribution in [-0.4, -0.2) is 27.5 Å². The maximum atomic E-state index is 13.3. The molecule has 36 heavy (non-hydrogen) atoms. The summed E-state index contributed by atoms with van der Waals surface area (Å²) in [7, 11) is 0. The normalized spacial score (nSPS) is 11.4. The van der Waals surface area contributed by atoms with Gasteiger partial charge in [-0.25, -0.2) is 4.98 Å². The van der Waals surface area contributed by atoms with Gasteiger partial charge in [0.1, 0.15) is 5.75 Å². The molecule has 2 aromatic heterocycles. The fourth-order valence-electron chi connectivity index (χ4n) is 3.53. The summed E-state index contributed by atoms with van der Waals surface area (Å²) >= 11 is 6.16. The van der Waals surface area contributed by atoms with Gasteiger partial charge < -0.3 is 9.15 Å². The number of nitrogens with zero attached hydrogens (tertiary/aromatic N) is 3. The first-order chi connectivity index (χ1) is 17.3. The summed E-state index contributed by atoms with van der Waals surface area (Å²) in [5.74, 6) is -1.10. The van der Waals surface area contributed by atoms with Gasteiger partial charge in [0.25, 0.3) is 11.8 Å². The number of hydrogen-bond donors (Lipinski definition) is 1. The molecule has 0 fully saturated rings. The molecule has 7 nitrogen and oxygen atoms in total. The zero-order chi connectivity index (χ0) is 25.3. The number of alkyl halides is 3. The van der Waals surface area contributed by atoms with Gasteiger partial charge in [-0.05, 0) is 36.4 Å². The van der Waals surface area contributed by atoms with Crippen molar-refractivity contribution in [1.29, 1.82) is 0 Å². The van der Waals surface area contributed by atoms with E-state index in [2.05, 4.69) is 25.2 Å². The first-order valence-corrected chi connectivity index (χ1v) is 10.8. The second-order valence-electron chi connectivity index (χ2n) is 7.49. The lowest BCUT2D eigenvalue weighted by Crippen LogP contribution is -2.17. The smallest absolute Gasteiger partial charge is 0.406 e. The van der Waals surface area contributed by atoms with Crippen molar-refractivity contribution in [1.82, 2.24) is 15.2 Å². The van der Waals surface area contributed by atoms with Gasteiger partial charge in [-0.1, -0.05) is 59.2 Å². The number of pyridine rings is 1. The van der Waals surface area contributed by atoms with E-state index in [0.29, 0.717) is 27.4 Å². The predicted octanol–water partition coefficient (Wildman–Crippen LogP) is 6.76. The highest BCUT2D eigenvalue weighted by Gasteiger charge is 2.31. The summed E-state index contributed by atoms with van der Waals surface area (Å²) < 4.78 is 47.9. The molecule has 1 N–H and O–H groups in total. The summed E-state index contributed by atoms with van der Waals surface area (Å²) in [6.45, 7) is 0. The van der Waals surface area contributed by atoms with Crippen molar-refractivity contribution >= 4 is 34.4 Å². The number of amides is 1. The number of aromatic nitrogens is 3. The second kappa shape index (κ2) is 9.31. The Morgan fingerprint density at radius 3 is 2.44 bits per heavy atom. The van der Waals surface area contributed by atoms with Crippen LogP contribution in [0.1, 0.15) is 10.4 Å².